The lowest BCUT2D eigenvalue weighted by atomic mass is 10.1. The van der Waals surface area contributed by atoms with Crippen LogP contribution in [-0.2, 0) is 26.2 Å². The molecule has 0 aromatic heterocycles. The van der Waals surface area contributed by atoms with E-state index in [1.54, 1.807) is 6.92 Å². The number of aryl methyl sites for hydroxylation is 1. The van der Waals surface area contributed by atoms with Crippen LogP contribution in [-0.4, -0.2) is 51.0 Å². The normalized spacial score (nSPS) is 12.2. The number of amides is 2. The molecule has 0 aliphatic rings. The number of benzene rings is 2. The quantitative estimate of drug-likeness (QED) is 0.688. The van der Waals surface area contributed by atoms with Gasteiger partial charge in [-0.3, -0.25) is 13.9 Å². The first-order valence-electron chi connectivity index (χ1n) is 9.33. The second-order valence-electron chi connectivity index (χ2n) is 7.05. The van der Waals surface area contributed by atoms with Crippen molar-refractivity contribution in [3.63, 3.8) is 0 Å². The molecule has 0 saturated heterocycles. The summed E-state index contributed by atoms with van der Waals surface area (Å²) < 4.78 is 39.1. The first kappa shape index (κ1) is 23.3. The SMILES string of the molecule is CNC(=O)[C@@H](C)N(Cc1cccc(C)c1)C(=O)CN(c1cccc(F)c1)S(C)(=O)=O. The monoisotopic (exact) mass is 435 g/mol. The fourth-order valence-corrected chi connectivity index (χ4v) is 3.89. The Labute approximate surface area is 176 Å². The molecule has 0 radical (unpaired) electrons. The molecule has 2 aromatic carbocycles. The number of carbonyl (C=O) groups is 2. The zero-order valence-corrected chi connectivity index (χ0v) is 18.2. The fraction of sp³-hybridized carbons (Fsp3) is 0.333. The summed E-state index contributed by atoms with van der Waals surface area (Å²) in [6.45, 7) is 3.04. The van der Waals surface area contributed by atoms with Crippen LogP contribution in [0.4, 0.5) is 10.1 Å². The molecule has 7 nitrogen and oxygen atoms in total. The van der Waals surface area contributed by atoms with E-state index in [0.717, 1.165) is 27.8 Å². The van der Waals surface area contributed by atoms with Crippen molar-refractivity contribution in [2.24, 2.45) is 0 Å². The van der Waals surface area contributed by atoms with E-state index in [1.165, 1.54) is 30.1 Å². The van der Waals surface area contributed by atoms with Crippen molar-refractivity contribution in [2.45, 2.75) is 26.4 Å². The van der Waals surface area contributed by atoms with Crippen LogP contribution in [0.15, 0.2) is 48.5 Å². The maximum Gasteiger partial charge on any atom is 0.244 e. The van der Waals surface area contributed by atoms with Gasteiger partial charge in [-0.05, 0) is 37.6 Å². The van der Waals surface area contributed by atoms with Crippen molar-refractivity contribution in [1.82, 2.24) is 10.2 Å². The van der Waals surface area contributed by atoms with Crippen molar-refractivity contribution in [1.29, 1.82) is 0 Å². The molecule has 0 spiro atoms. The second kappa shape index (κ2) is 9.71. The van der Waals surface area contributed by atoms with Crippen LogP contribution in [0.25, 0.3) is 0 Å². The molecule has 0 heterocycles. The van der Waals surface area contributed by atoms with Gasteiger partial charge in [0.15, 0.2) is 0 Å². The number of nitrogens with zero attached hydrogens (tertiary/aromatic N) is 2. The van der Waals surface area contributed by atoms with Crippen molar-refractivity contribution in [3.8, 4) is 0 Å². The molecular formula is C21H26FN3O4S. The molecule has 2 rings (SSSR count). The Balaban J connectivity index is 2.38. The summed E-state index contributed by atoms with van der Waals surface area (Å²) in [6, 6.07) is 11.6. The van der Waals surface area contributed by atoms with E-state index in [2.05, 4.69) is 5.32 Å². The smallest absolute Gasteiger partial charge is 0.244 e. The Kier molecular flexibility index (Phi) is 7.55. The molecule has 30 heavy (non-hydrogen) atoms. The van der Waals surface area contributed by atoms with Crippen LogP contribution >= 0.6 is 0 Å². The molecule has 162 valence electrons. The number of likely N-dealkylation sites (N-methyl/N-ethyl adjacent to an activating group) is 1. The van der Waals surface area contributed by atoms with Crippen LogP contribution in [0.5, 0.6) is 0 Å². The van der Waals surface area contributed by atoms with E-state index >= 15 is 0 Å². The van der Waals surface area contributed by atoms with Crippen LogP contribution in [0.2, 0.25) is 0 Å². The van der Waals surface area contributed by atoms with Gasteiger partial charge in [0.25, 0.3) is 0 Å². The molecule has 0 aliphatic carbocycles. The minimum Gasteiger partial charge on any atom is -0.357 e. The van der Waals surface area contributed by atoms with Gasteiger partial charge < -0.3 is 10.2 Å². The van der Waals surface area contributed by atoms with Crippen LogP contribution in [0.3, 0.4) is 0 Å². The average Bonchev–Trinajstić information content (AvgIpc) is 2.68. The zero-order valence-electron chi connectivity index (χ0n) is 17.4. The number of halogens is 1. The highest BCUT2D eigenvalue weighted by molar-refractivity contribution is 7.92. The molecule has 0 unspecified atom stereocenters. The van der Waals surface area contributed by atoms with Crippen molar-refractivity contribution < 1.29 is 22.4 Å². The number of anilines is 1. The minimum atomic E-state index is -3.88. The zero-order chi connectivity index (χ0) is 22.5. The number of hydrogen-bond donors (Lipinski definition) is 1. The van der Waals surface area contributed by atoms with E-state index in [0.29, 0.717) is 0 Å². The Hall–Kier alpha value is -2.94. The third kappa shape index (κ3) is 6.03. The predicted molar refractivity (Wildman–Crippen MR) is 114 cm³/mol. The maximum atomic E-state index is 13.6. The molecule has 0 bridgehead atoms. The number of rotatable bonds is 8. The average molecular weight is 436 g/mol. The third-order valence-electron chi connectivity index (χ3n) is 4.62. The summed E-state index contributed by atoms with van der Waals surface area (Å²) in [5.74, 6) is -1.58. The van der Waals surface area contributed by atoms with Gasteiger partial charge in [0.1, 0.15) is 18.4 Å². The van der Waals surface area contributed by atoms with Gasteiger partial charge in [-0.2, -0.15) is 0 Å². The first-order valence-corrected chi connectivity index (χ1v) is 11.2. The van der Waals surface area contributed by atoms with E-state index in [4.69, 9.17) is 0 Å². The van der Waals surface area contributed by atoms with Gasteiger partial charge in [0.2, 0.25) is 21.8 Å². The van der Waals surface area contributed by atoms with Gasteiger partial charge in [-0.15, -0.1) is 0 Å². The summed E-state index contributed by atoms with van der Waals surface area (Å²) in [5.41, 5.74) is 1.83. The van der Waals surface area contributed by atoms with Gasteiger partial charge in [-0.1, -0.05) is 35.9 Å². The minimum absolute atomic E-state index is 0.0361. The second-order valence-corrected chi connectivity index (χ2v) is 8.96. The molecule has 9 heteroatoms. The largest absolute Gasteiger partial charge is 0.357 e. The molecular weight excluding hydrogens is 409 g/mol. The molecule has 1 N–H and O–H groups in total. The van der Waals surface area contributed by atoms with Crippen LogP contribution in [0.1, 0.15) is 18.1 Å². The van der Waals surface area contributed by atoms with Crippen molar-refractivity contribution in [2.75, 3.05) is 24.2 Å². The number of carbonyl (C=O) groups excluding carboxylic acids is 2. The highest BCUT2D eigenvalue weighted by atomic mass is 32.2. The van der Waals surface area contributed by atoms with Gasteiger partial charge in [-0.25, -0.2) is 12.8 Å². The number of hydrogen-bond acceptors (Lipinski definition) is 4. The summed E-state index contributed by atoms with van der Waals surface area (Å²) >= 11 is 0. The fourth-order valence-electron chi connectivity index (χ4n) is 3.04. The number of sulfonamides is 1. The van der Waals surface area contributed by atoms with Crippen LogP contribution < -0.4 is 9.62 Å². The van der Waals surface area contributed by atoms with Gasteiger partial charge in [0.05, 0.1) is 11.9 Å². The van der Waals surface area contributed by atoms with E-state index in [1.807, 2.05) is 31.2 Å². The van der Waals surface area contributed by atoms with Gasteiger partial charge in [0, 0.05) is 13.6 Å². The molecule has 0 saturated carbocycles. The lowest BCUT2D eigenvalue weighted by Gasteiger charge is -2.31. The highest BCUT2D eigenvalue weighted by Gasteiger charge is 2.29. The Morgan fingerprint density at radius 3 is 2.37 bits per heavy atom. The van der Waals surface area contributed by atoms with Gasteiger partial charge >= 0.3 is 0 Å². The lowest BCUT2D eigenvalue weighted by Crippen LogP contribution is -2.50. The predicted octanol–water partition coefficient (Wildman–Crippen LogP) is 2.06. The molecule has 0 aliphatic heterocycles. The van der Waals surface area contributed by atoms with E-state index in [-0.39, 0.29) is 18.1 Å². The molecule has 2 amide bonds. The lowest BCUT2D eigenvalue weighted by molar-refractivity contribution is -0.139. The Morgan fingerprint density at radius 1 is 1.13 bits per heavy atom. The molecule has 2 aromatic rings. The highest BCUT2D eigenvalue weighted by Crippen LogP contribution is 2.20. The standard InChI is InChI=1S/C21H26FN3O4S/c1-15-7-5-8-17(11-15)13-24(16(2)21(27)23-3)20(26)14-25(30(4,28)29)19-10-6-9-18(22)12-19/h5-12,16H,13-14H2,1-4H3,(H,23,27)/t16-/m1/s1. The summed E-state index contributed by atoms with van der Waals surface area (Å²) in [6.07, 6.45) is 0.943. The third-order valence-corrected chi connectivity index (χ3v) is 5.77. The van der Waals surface area contributed by atoms with Crippen LogP contribution in [0, 0.1) is 12.7 Å². The van der Waals surface area contributed by atoms with E-state index < -0.39 is 34.3 Å². The van der Waals surface area contributed by atoms with E-state index in [9.17, 15) is 22.4 Å². The summed E-state index contributed by atoms with van der Waals surface area (Å²) in [4.78, 5) is 26.7. The first-order chi connectivity index (χ1) is 14.0. The molecule has 1 atom stereocenters. The Bertz CT molecular complexity index is 1030. The topological polar surface area (TPSA) is 86.8 Å². The Morgan fingerprint density at radius 2 is 1.80 bits per heavy atom. The summed E-state index contributed by atoms with van der Waals surface area (Å²) in [7, 11) is -2.41. The maximum absolute atomic E-state index is 13.6. The summed E-state index contributed by atoms with van der Waals surface area (Å²) in [5, 5.41) is 2.51. The van der Waals surface area contributed by atoms with Crippen molar-refractivity contribution in [3.05, 3.63) is 65.5 Å². The molecule has 0 fully saturated rings. The van der Waals surface area contributed by atoms with Crippen molar-refractivity contribution >= 4 is 27.5 Å². The number of nitrogens with one attached hydrogen (secondary N) is 1.